The fraction of sp³-hybridized carbons (Fsp3) is 0.538. The highest BCUT2D eigenvalue weighted by molar-refractivity contribution is 5.28. The quantitative estimate of drug-likeness (QED) is 0.778. The molecule has 1 aromatic rings. The Morgan fingerprint density at radius 3 is 2.07 bits per heavy atom. The summed E-state index contributed by atoms with van der Waals surface area (Å²) in [4.78, 5) is 0. The van der Waals surface area contributed by atoms with Crippen LogP contribution in [-0.4, -0.2) is 0 Å². The summed E-state index contributed by atoms with van der Waals surface area (Å²) in [6.07, 6.45) is 0. The Morgan fingerprint density at radius 2 is 1.57 bits per heavy atom. The van der Waals surface area contributed by atoms with E-state index >= 15 is 0 Å². The minimum absolute atomic E-state index is 0.161. The lowest BCUT2D eigenvalue weighted by Gasteiger charge is -2.17. The molecule has 1 nitrogen and oxygen atoms in total. The molecular weight excluding hydrogens is 170 g/mol. The van der Waals surface area contributed by atoms with E-state index < -0.39 is 0 Å². The fourth-order valence-corrected chi connectivity index (χ4v) is 1.51. The minimum Gasteiger partial charge on any atom is -0.324 e. The van der Waals surface area contributed by atoms with Crippen molar-refractivity contribution in [3.63, 3.8) is 0 Å². The first-order valence-corrected chi connectivity index (χ1v) is 5.37. The number of hydrogen-bond donors (Lipinski definition) is 1. The molecule has 0 radical (unpaired) electrons. The maximum absolute atomic E-state index is 6.11. The Morgan fingerprint density at radius 1 is 1.00 bits per heavy atom. The number of hydrogen-bond acceptors (Lipinski definition) is 1. The van der Waals surface area contributed by atoms with Crippen molar-refractivity contribution in [2.24, 2.45) is 11.7 Å². The van der Waals surface area contributed by atoms with E-state index in [9.17, 15) is 0 Å². The molecule has 0 heterocycles. The van der Waals surface area contributed by atoms with Crippen molar-refractivity contribution in [3.8, 4) is 0 Å². The zero-order chi connectivity index (χ0) is 10.7. The summed E-state index contributed by atoms with van der Waals surface area (Å²) >= 11 is 0. The molecular formula is C13H21N. The minimum atomic E-state index is 0.161. The first-order valence-electron chi connectivity index (χ1n) is 5.37. The van der Waals surface area contributed by atoms with E-state index in [1.54, 1.807) is 0 Å². The van der Waals surface area contributed by atoms with Gasteiger partial charge in [-0.3, -0.25) is 0 Å². The van der Waals surface area contributed by atoms with Crippen LogP contribution in [0.5, 0.6) is 0 Å². The summed E-state index contributed by atoms with van der Waals surface area (Å²) in [6.45, 7) is 8.74. The lowest BCUT2D eigenvalue weighted by molar-refractivity contribution is 0.513. The van der Waals surface area contributed by atoms with Gasteiger partial charge in [0.1, 0.15) is 0 Å². The third kappa shape index (κ3) is 2.58. The molecule has 14 heavy (non-hydrogen) atoms. The van der Waals surface area contributed by atoms with E-state index in [2.05, 4.69) is 52.0 Å². The van der Waals surface area contributed by atoms with Gasteiger partial charge in [-0.2, -0.15) is 0 Å². The Hall–Kier alpha value is -0.820. The van der Waals surface area contributed by atoms with Gasteiger partial charge in [-0.25, -0.2) is 0 Å². The first-order chi connectivity index (χ1) is 6.52. The van der Waals surface area contributed by atoms with Gasteiger partial charge >= 0.3 is 0 Å². The molecule has 0 fully saturated rings. The molecule has 0 amide bonds. The zero-order valence-corrected chi connectivity index (χ0v) is 9.62. The Balaban J connectivity index is 2.93. The molecule has 0 aliphatic carbocycles. The van der Waals surface area contributed by atoms with Crippen LogP contribution < -0.4 is 5.73 Å². The number of nitrogens with two attached hydrogens (primary N) is 1. The van der Waals surface area contributed by atoms with Gasteiger partial charge < -0.3 is 5.73 Å². The highest BCUT2D eigenvalue weighted by atomic mass is 14.6. The summed E-state index contributed by atoms with van der Waals surface area (Å²) in [7, 11) is 0. The predicted octanol–water partition coefficient (Wildman–Crippen LogP) is 3.47. The van der Waals surface area contributed by atoms with Crippen LogP contribution in [0.25, 0.3) is 0 Å². The van der Waals surface area contributed by atoms with E-state index in [1.807, 2.05) is 0 Å². The second-order valence-electron chi connectivity index (χ2n) is 4.59. The lowest BCUT2D eigenvalue weighted by Crippen LogP contribution is -2.16. The van der Waals surface area contributed by atoms with Crippen LogP contribution in [0.4, 0.5) is 0 Å². The maximum atomic E-state index is 6.11. The molecule has 0 aliphatic heterocycles. The Kier molecular flexibility index (Phi) is 3.70. The fourth-order valence-electron chi connectivity index (χ4n) is 1.51. The van der Waals surface area contributed by atoms with E-state index in [0.717, 1.165) is 0 Å². The van der Waals surface area contributed by atoms with Gasteiger partial charge in [0.25, 0.3) is 0 Å². The average molecular weight is 191 g/mol. The van der Waals surface area contributed by atoms with Crippen LogP contribution in [0.3, 0.4) is 0 Å². The molecule has 1 rings (SSSR count). The topological polar surface area (TPSA) is 26.0 Å². The molecule has 1 aromatic carbocycles. The Bertz CT molecular complexity index is 289. The molecule has 0 spiro atoms. The third-order valence-electron chi connectivity index (χ3n) is 2.68. The Labute approximate surface area is 87.3 Å². The maximum Gasteiger partial charge on any atom is 0.0318 e. The second-order valence-corrected chi connectivity index (χ2v) is 4.59. The van der Waals surface area contributed by atoms with Crippen molar-refractivity contribution in [3.05, 3.63) is 35.4 Å². The van der Waals surface area contributed by atoms with E-state index in [1.165, 1.54) is 11.1 Å². The molecule has 0 saturated heterocycles. The lowest BCUT2D eigenvalue weighted by atomic mass is 9.93. The van der Waals surface area contributed by atoms with Crippen LogP contribution in [0, 0.1) is 5.92 Å². The van der Waals surface area contributed by atoms with Crippen LogP contribution in [0.1, 0.15) is 50.8 Å². The van der Waals surface area contributed by atoms with Crippen molar-refractivity contribution < 1.29 is 0 Å². The van der Waals surface area contributed by atoms with E-state index in [-0.39, 0.29) is 6.04 Å². The van der Waals surface area contributed by atoms with Crippen molar-refractivity contribution in [2.45, 2.75) is 39.7 Å². The molecule has 78 valence electrons. The smallest absolute Gasteiger partial charge is 0.0318 e. The van der Waals surface area contributed by atoms with Crippen LogP contribution >= 0.6 is 0 Å². The van der Waals surface area contributed by atoms with Crippen LogP contribution in [-0.2, 0) is 0 Å². The standard InChI is InChI=1S/C13H21N/c1-9(2)11-6-5-7-12(8-11)13(14)10(3)4/h5-10,13H,14H2,1-4H3/t13-/m1/s1. The molecule has 0 aromatic heterocycles. The monoisotopic (exact) mass is 191 g/mol. The first kappa shape index (κ1) is 11.3. The van der Waals surface area contributed by atoms with Crippen LogP contribution in [0.2, 0.25) is 0 Å². The summed E-state index contributed by atoms with van der Waals surface area (Å²) in [6, 6.07) is 8.79. The van der Waals surface area contributed by atoms with Gasteiger partial charge in [-0.1, -0.05) is 52.0 Å². The van der Waals surface area contributed by atoms with Gasteiger partial charge in [0.15, 0.2) is 0 Å². The van der Waals surface area contributed by atoms with E-state index in [0.29, 0.717) is 11.8 Å². The molecule has 1 heteroatoms. The van der Waals surface area contributed by atoms with Gasteiger partial charge in [-0.15, -0.1) is 0 Å². The van der Waals surface area contributed by atoms with E-state index in [4.69, 9.17) is 5.73 Å². The third-order valence-corrected chi connectivity index (χ3v) is 2.68. The van der Waals surface area contributed by atoms with Crippen molar-refractivity contribution in [2.75, 3.05) is 0 Å². The van der Waals surface area contributed by atoms with Gasteiger partial charge in [0.05, 0.1) is 0 Å². The number of rotatable bonds is 3. The predicted molar refractivity (Wildman–Crippen MR) is 62.3 cm³/mol. The highest BCUT2D eigenvalue weighted by Crippen LogP contribution is 2.22. The van der Waals surface area contributed by atoms with Crippen molar-refractivity contribution in [1.82, 2.24) is 0 Å². The average Bonchev–Trinajstić information content (AvgIpc) is 2.16. The highest BCUT2D eigenvalue weighted by Gasteiger charge is 2.10. The summed E-state index contributed by atoms with van der Waals surface area (Å²) < 4.78 is 0. The van der Waals surface area contributed by atoms with Gasteiger partial charge in [0, 0.05) is 6.04 Å². The molecule has 0 saturated carbocycles. The zero-order valence-electron chi connectivity index (χ0n) is 9.62. The molecule has 1 atom stereocenters. The molecule has 0 aliphatic rings. The number of benzene rings is 1. The normalized spacial score (nSPS) is 13.6. The van der Waals surface area contributed by atoms with Gasteiger partial charge in [0.2, 0.25) is 0 Å². The second kappa shape index (κ2) is 4.61. The van der Waals surface area contributed by atoms with Crippen molar-refractivity contribution in [1.29, 1.82) is 0 Å². The summed E-state index contributed by atoms with van der Waals surface area (Å²) in [5.74, 6) is 1.08. The van der Waals surface area contributed by atoms with Crippen LogP contribution in [0.15, 0.2) is 24.3 Å². The molecule has 2 N–H and O–H groups in total. The summed E-state index contributed by atoms with van der Waals surface area (Å²) in [5, 5.41) is 0. The molecule has 0 unspecified atom stereocenters. The molecule has 0 bridgehead atoms. The SMILES string of the molecule is CC(C)c1cccc([C@H](N)C(C)C)c1. The largest absolute Gasteiger partial charge is 0.324 e. The van der Waals surface area contributed by atoms with Crippen molar-refractivity contribution >= 4 is 0 Å². The summed E-state index contributed by atoms with van der Waals surface area (Å²) in [5.41, 5.74) is 8.74. The van der Waals surface area contributed by atoms with Gasteiger partial charge in [-0.05, 0) is 23.0 Å².